The zero-order valence-electron chi connectivity index (χ0n) is 18.3. The summed E-state index contributed by atoms with van der Waals surface area (Å²) < 4.78 is 10.4. The van der Waals surface area contributed by atoms with Crippen molar-refractivity contribution in [1.82, 2.24) is 35.0 Å². The normalized spacial score (nSPS) is 17.7. The molecule has 0 saturated carbocycles. The van der Waals surface area contributed by atoms with E-state index in [0.717, 1.165) is 0 Å². The third kappa shape index (κ3) is 3.90. The monoisotopic (exact) mass is 460 g/mol. The molecule has 1 saturated heterocycles. The molecule has 1 amide bonds. The van der Waals surface area contributed by atoms with Gasteiger partial charge < -0.3 is 24.6 Å². The lowest BCUT2D eigenvalue weighted by Crippen LogP contribution is -2.35. The van der Waals surface area contributed by atoms with Crippen LogP contribution < -0.4 is 10.1 Å². The van der Waals surface area contributed by atoms with Crippen LogP contribution in [0.25, 0.3) is 22.8 Å². The standard InChI is InChI=1S/C22H20N8O4/c1-30-11-8-22(32,19(30)31)17-12-16(29-34-17)14-5-3-4-13(25-14)15-6-9-23-20(26-15)27-18-7-10-24-21(28-18)33-2/h3-7,9-10,12,32H,8,11H2,1-2H3,(H,23,24,26,27,28). The number of pyridine rings is 1. The molecular formula is C22H20N8O4. The second-order valence-corrected chi connectivity index (χ2v) is 7.64. The van der Waals surface area contributed by atoms with Crippen molar-refractivity contribution in [3.63, 3.8) is 0 Å². The van der Waals surface area contributed by atoms with Gasteiger partial charge in [-0.2, -0.15) is 4.98 Å². The Morgan fingerprint density at radius 1 is 1.06 bits per heavy atom. The minimum atomic E-state index is -1.71. The first-order valence-corrected chi connectivity index (χ1v) is 10.4. The van der Waals surface area contributed by atoms with Gasteiger partial charge in [0, 0.05) is 38.5 Å². The van der Waals surface area contributed by atoms with E-state index in [1.54, 1.807) is 55.8 Å². The van der Waals surface area contributed by atoms with Gasteiger partial charge in [0.1, 0.15) is 11.5 Å². The first kappa shape index (κ1) is 21.4. The Labute approximate surface area is 193 Å². The SMILES string of the molecule is COc1nccc(Nc2nccc(-c3cccc(-c4cc(C5(O)CCN(C)C5=O)on4)n3)n2)n1. The number of likely N-dealkylation sites (N-methyl/N-ethyl adjacent to an activating group) is 1. The smallest absolute Gasteiger partial charge is 0.318 e. The Morgan fingerprint density at radius 3 is 2.59 bits per heavy atom. The second kappa shape index (κ2) is 8.48. The number of ether oxygens (including phenoxy) is 1. The van der Waals surface area contributed by atoms with Gasteiger partial charge in [-0.15, -0.1) is 0 Å². The number of anilines is 2. The van der Waals surface area contributed by atoms with Crippen molar-refractivity contribution in [3.8, 4) is 28.8 Å². The van der Waals surface area contributed by atoms with Crippen LogP contribution in [-0.2, 0) is 10.4 Å². The number of aliphatic hydroxyl groups is 1. The van der Waals surface area contributed by atoms with E-state index in [9.17, 15) is 9.90 Å². The van der Waals surface area contributed by atoms with E-state index in [0.29, 0.717) is 41.1 Å². The van der Waals surface area contributed by atoms with Crippen LogP contribution in [0.3, 0.4) is 0 Å². The van der Waals surface area contributed by atoms with Crippen molar-refractivity contribution in [3.05, 3.63) is 54.6 Å². The zero-order chi connectivity index (χ0) is 23.7. The summed E-state index contributed by atoms with van der Waals surface area (Å²) in [6.07, 6.45) is 3.39. The van der Waals surface area contributed by atoms with Gasteiger partial charge in [0.05, 0.1) is 24.2 Å². The van der Waals surface area contributed by atoms with Crippen molar-refractivity contribution in [1.29, 1.82) is 0 Å². The average Bonchev–Trinajstić information content (AvgIpc) is 3.47. The highest BCUT2D eigenvalue weighted by Gasteiger charge is 2.48. The summed E-state index contributed by atoms with van der Waals surface area (Å²) in [5.41, 5.74) is 0.323. The van der Waals surface area contributed by atoms with Crippen molar-refractivity contribution in [2.24, 2.45) is 0 Å². The molecule has 12 nitrogen and oxygen atoms in total. The number of hydrogen-bond acceptors (Lipinski definition) is 11. The van der Waals surface area contributed by atoms with Gasteiger partial charge in [-0.1, -0.05) is 11.2 Å². The van der Waals surface area contributed by atoms with E-state index in [2.05, 4.69) is 35.4 Å². The molecule has 0 aliphatic carbocycles. The van der Waals surface area contributed by atoms with Crippen LogP contribution in [-0.4, -0.2) is 66.7 Å². The molecule has 1 atom stereocenters. The van der Waals surface area contributed by atoms with Crippen LogP contribution in [0.5, 0.6) is 6.01 Å². The quantitative estimate of drug-likeness (QED) is 0.433. The van der Waals surface area contributed by atoms with E-state index in [1.807, 2.05) is 0 Å². The number of nitrogens with one attached hydrogen (secondary N) is 1. The Kier molecular flexibility index (Phi) is 5.34. The summed E-state index contributed by atoms with van der Waals surface area (Å²) in [6.45, 7) is 0.435. The van der Waals surface area contributed by atoms with E-state index in [4.69, 9.17) is 9.26 Å². The number of rotatable bonds is 6. The molecule has 0 aromatic carbocycles. The number of methoxy groups -OCH3 is 1. The molecule has 4 aromatic rings. The lowest BCUT2D eigenvalue weighted by molar-refractivity contribution is -0.144. The second-order valence-electron chi connectivity index (χ2n) is 7.64. The summed E-state index contributed by atoms with van der Waals surface area (Å²) in [5, 5.41) is 17.8. The molecule has 4 aromatic heterocycles. The van der Waals surface area contributed by atoms with Gasteiger partial charge in [0.25, 0.3) is 5.91 Å². The fraction of sp³-hybridized carbons (Fsp3) is 0.227. The topological polar surface area (TPSA) is 152 Å². The molecule has 34 heavy (non-hydrogen) atoms. The minimum Gasteiger partial charge on any atom is -0.467 e. The van der Waals surface area contributed by atoms with Crippen LogP contribution in [0.1, 0.15) is 12.2 Å². The van der Waals surface area contributed by atoms with Crippen LogP contribution in [0.4, 0.5) is 11.8 Å². The third-order valence-corrected chi connectivity index (χ3v) is 5.41. The minimum absolute atomic E-state index is 0.0952. The predicted molar refractivity (Wildman–Crippen MR) is 119 cm³/mol. The summed E-state index contributed by atoms with van der Waals surface area (Å²) >= 11 is 0. The molecule has 2 N–H and O–H groups in total. The third-order valence-electron chi connectivity index (χ3n) is 5.41. The number of amides is 1. The maximum atomic E-state index is 12.3. The summed E-state index contributed by atoms with van der Waals surface area (Å²) in [5.74, 6) is 0.475. The van der Waals surface area contributed by atoms with Crippen LogP contribution in [0.2, 0.25) is 0 Å². The summed E-state index contributed by atoms with van der Waals surface area (Å²) in [7, 11) is 3.12. The van der Waals surface area contributed by atoms with Gasteiger partial charge in [0.15, 0.2) is 5.76 Å². The Morgan fingerprint density at radius 2 is 1.82 bits per heavy atom. The molecule has 0 bridgehead atoms. The van der Waals surface area contributed by atoms with Gasteiger partial charge in [-0.25, -0.2) is 19.9 Å². The van der Waals surface area contributed by atoms with Gasteiger partial charge in [0.2, 0.25) is 11.5 Å². The molecule has 1 aliphatic heterocycles. The number of carbonyl (C=O) groups is 1. The molecule has 1 aliphatic rings. The van der Waals surface area contributed by atoms with Crippen molar-refractivity contribution in [2.45, 2.75) is 12.0 Å². The van der Waals surface area contributed by atoms with Gasteiger partial charge >= 0.3 is 6.01 Å². The van der Waals surface area contributed by atoms with E-state index >= 15 is 0 Å². The van der Waals surface area contributed by atoms with E-state index in [1.165, 1.54) is 12.0 Å². The molecule has 1 fully saturated rings. The Balaban J connectivity index is 1.40. The maximum absolute atomic E-state index is 12.3. The predicted octanol–water partition coefficient (Wildman–Crippen LogP) is 1.79. The van der Waals surface area contributed by atoms with Crippen molar-refractivity contribution < 1.29 is 19.2 Å². The molecule has 5 heterocycles. The fourth-order valence-electron chi connectivity index (χ4n) is 3.58. The number of aromatic nitrogens is 6. The zero-order valence-corrected chi connectivity index (χ0v) is 18.3. The first-order chi connectivity index (χ1) is 16.5. The van der Waals surface area contributed by atoms with Gasteiger partial charge in [-0.3, -0.25) is 4.79 Å². The number of hydrogen-bond donors (Lipinski definition) is 2. The number of carbonyl (C=O) groups excluding carboxylic acids is 1. The molecule has 0 radical (unpaired) electrons. The number of nitrogens with zero attached hydrogens (tertiary/aromatic N) is 7. The van der Waals surface area contributed by atoms with Crippen LogP contribution >= 0.6 is 0 Å². The number of likely N-dealkylation sites (tertiary alicyclic amines) is 1. The molecular weight excluding hydrogens is 440 g/mol. The largest absolute Gasteiger partial charge is 0.467 e. The molecule has 5 rings (SSSR count). The van der Waals surface area contributed by atoms with Gasteiger partial charge in [-0.05, 0) is 24.3 Å². The maximum Gasteiger partial charge on any atom is 0.318 e. The van der Waals surface area contributed by atoms with Crippen LogP contribution in [0.15, 0.2) is 53.3 Å². The fourth-order valence-corrected chi connectivity index (χ4v) is 3.58. The first-order valence-electron chi connectivity index (χ1n) is 10.4. The van der Waals surface area contributed by atoms with Crippen molar-refractivity contribution >= 4 is 17.7 Å². The average molecular weight is 460 g/mol. The lowest BCUT2D eigenvalue weighted by Gasteiger charge is -2.16. The summed E-state index contributed by atoms with van der Waals surface area (Å²) in [6, 6.07) is 10.5. The lowest BCUT2D eigenvalue weighted by atomic mass is 9.98. The van der Waals surface area contributed by atoms with Crippen LogP contribution in [0, 0.1) is 0 Å². The molecule has 0 spiro atoms. The molecule has 1 unspecified atom stereocenters. The molecule has 172 valence electrons. The Hall–Kier alpha value is -4.45. The summed E-state index contributed by atoms with van der Waals surface area (Å²) in [4.78, 5) is 35.3. The Bertz CT molecular complexity index is 1360. The van der Waals surface area contributed by atoms with E-state index < -0.39 is 11.5 Å². The highest BCUT2D eigenvalue weighted by molar-refractivity contribution is 5.87. The van der Waals surface area contributed by atoms with Crippen molar-refractivity contribution in [2.75, 3.05) is 26.0 Å². The van der Waals surface area contributed by atoms with E-state index in [-0.39, 0.29) is 18.2 Å². The highest BCUT2D eigenvalue weighted by Crippen LogP contribution is 2.34. The highest BCUT2D eigenvalue weighted by atomic mass is 16.5. The molecule has 12 heteroatoms.